The second-order valence-corrected chi connectivity index (χ2v) is 5.91. The van der Waals surface area contributed by atoms with Crippen molar-refractivity contribution in [1.82, 2.24) is 15.5 Å². The van der Waals surface area contributed by atoms with E-state index >= 15 is 0 Å². The molecule has 3 nitrogen and oxygen atoms in total. The quantitative estimate of drug-likeness (QED) is 0.738. The third-order valence-corrected chi connectivity index (χ3v) is 4.64. The van der Waals surface area contributed by atoms with Crippen molar-refractivity contribution in [3.63, 3.8) is 0 Å². The van der Waals surface area contributed by atoms with Crippen LogP contribution < -0.4 is 10.6 Å². The van der Waals surface area contributed by atoms with Crippen LogP contribution in [0.25, 0.3) is 0 Å². The van der Waals surface area contributed by atoms with E-state index in [1.165, 1.54) is 51.9 Å². The van der Waals surface area contributed by atoms with Crippen LogP contribution in [0, 0.1) is 5.92 Å². The predicted octanol–water partition coefficient (Wildman–Crippen LogP) is 0.811. The molecular formula is C13H25N3. The van der Waals surface area contributed by atoms with Crippen molar-refractivity contribution in [2.75, 3.05) is 26.2 Å². The Balaban J connectivity index is 1.39. The standard InChI is InChI=1S/C13H25N3/c1-10-11(4-6-14-10)8-15-12-5-7-16(9-12)13-2-3-13/h10-15H,2-9H2,1H3. The van der Waals surface area contributed by atoms with E-state index in [4.69, 9.17) is 0 Å². The molecule has 2 saturated heterocycles. The number of likely N-dealkylation sites (tertiary alicyclic amines) is 1. The van der Waals surface area contributed by atoms with Gasteiger partial charge in [0, 0.05) is 31.2 Å². The third-order valence-electron chi connectivity index (χ3n) is 4.64. The van der Waals surface area contributed by atoms with Gasteiger partial charge in [-0.2, -0.15) is 0 Å². The predicted molar refractivity (Wildman–Crippen MR) is 66.6 cm³/mol. The Kier molecular flexibility index (Phi) is 3.18. The zero-order valence-electron chi connectivity index (χ0n) is 10.4. The highest BCUT2D eigenvalue weighted by molar-refractivity contribution is 4.92. The van der Waals surface area contributed by atoms with Crippen molar-refractivity contribution in [3.8, 4) is 0 Å². The molecule has 0 aromatic rings. The minimum absolute atomic E-state index is 0.716. The van der Waals surface area contributed by atoms with Crippen molar-refractivity contribution in [1.29, 1.82) is 0 Å². The van der Waals surface area contributed by atoms with Crippen LogP contribution >= 0.6 is 0 Å². The summed E-state index contributed by atoms with van der Waals surface area (Å²) < 4.78 is 0. The van der Waals surface area contributed by atoms with E-state index in [1.54, 1.807) is 0 Å². The summed E-state index contributed by atoms with van der Waals surface area (Å²) >= 11 is 0. The van der Waals surface area contributed by atoms with Gasteiger partial charge in [-0.1, -0.05) is 0 Å². The molecule has 0 amide bonds. The first-order valence-corrected chi connectivity index (χ1v) is 7.04. The SMILES string of the molecule is CC1NCCC1CNC1CCN(C2CC2)C1. The van der Waals surface area contributed by atoms with Crippen LogP contribution in [0.5, 0.6) is 0 Å². The average Bonchev–Trinajstić information content (AvgIpc) is 2.89. The van der Waals surface area contributed by atoms with Gasteiger partial charge in [-0.25, -0.2) is 0 Å². The van der Waals surface area contributed by atoms with Gasteiger partial charge in [-0.3, -0.25) is 4.90 Å². The average molecular weight is 223 g/mol. The summed E-state index contributed by atoms with van der Waals surface area (Å²) in [5.74, 6) is 0.856. The number of hydrogen-bond acceptors (Lipinski definition) is 3. The highest BCUT2D eigenvalue weighted by Gasteiger charge is 2.34. The Labute approximate surface area is 99.0 Å². The Morgan fingerprint density at radius 2 is 2.12 bits per heavy atom. The summed E-state index contributed by atoms with van der Waals surface area (Å²) in [6.45, 7) is 7.40. The summed E-state index contributed by atoms with van der Waals surface area (Å²) in [5.41, 5.74) is 0. The maximum Gasteiger partial charge on any atom is 0.0207 e. The first-order chi connectivity index (χ1) is 7.83. The second-order valence-electron chi connectivity index (χ2n) is 5.91. The molecule has 3 atom stereocenters. The Hall–Kier alpha value is -0.120. The Morgan fingerprint density at radius 1 is 1.25 bits per heavy atom. The lowest BCUT2D eigenvalue weighted by Crippen LogP contribution is -2.38. The molecule has 0 bridgehead atoms. The topological polar surface area (TPSA) is 27.3 Å². The van der Waals surface area contributed by atoms with E-state index in [1.807, 2.05) is 0 Å². The molecule has 0 aromatic heterocycles. The second kappa shape index (κ2) is 4.63. The highest BCUT2D eigenvalue weighted by Crippen LogP contribution is 2.29. The third kappa shape index (κ3) is 2.41. The highest BCUT2D eigenvalue weighted by atomic mass is 15.2. The Bertz CT molecular complexity index is 239. The molecule has 0 aromatic carbocycles. The van der Waals surface area contributed by atoms with E-state index in [0.29, 0.717) is 6.04 Å². The zero-order chi connectivity index (χ0) is 11.0. The molecule has 3 heteroatoms. The lowest BCUT2D eigenvalue weighted by Gasteiger charge is -2.20. The van der Waals surface area contributed by atoms with Gasteiger partial charge < -0.3 is 10.6 Å². The van der Waals surface area contributed by atoms with E-state index < -0.39 is 0 Å². The van der Waals surface area contributed by atoms with E-state index in [-0.39, 0.29) is 0 Å². The van der Waals surface area contributed by atoms with Gasteiger partial charge in [-0.15, -0.1) is 0 Å². The molecule has 0 radical (unpaired) electrons. The fourth-order valence-electron chi connectivity index (χ4n) is 3.24. The molecule has 3 fully saturated rings. The van der Waals surface area contributed by atoms with Gasteiger partial charge >= 0.3 is 0 Å². The number of nitrogens with one attached hydrogen (secondary N) is 2. The van der Waals surface area contributed by atoms with Gasteiger partial charge in [0.15, 0.2) is 0 Å². The zero-order valence-corrected chi connectivity index (χ0v) is 10.4. The number of nitrogens with zero attached hydrogens (tertiary/aromatic N) is 1. The van der Waals surface area contributed by atoms with E-state index in [0.717, 1.165) is 18.0 Å². The first kappa shape index (κ1) is 11.0. The lowest BCUT2D eigenvalue weighted by atomic mass is 10.0. The Morgan fingerprint density at radius 3 is 2.81 bits per heavy atom. The molecule has 2 N–H and O–H groups in total. The summed E-state index contributed by atoms with van der Waals surface area (Å²) in [5, 5.41) is 7.32. The molecule has 16 heavy (non-hydrogen) atoms. The van der Waals surface area contributed by atoms with Crippen LogP contribution in [-0.2, 0) is 0 Å². The van der Waals surface area contributed by atoms with Crippen LogP contribution in [0.15, 0.2) is 0 Å². The maximum atomic E-state index is 3.78. The molecule has 92 valence electrons. The van der Waals surface area contributed by atoms with Gasteiger partial charge in [0.25, 0.3) is 0 Å². The largest absolute Gasteiger partial charge is 0.314 e. The smallest absolute Gasteiger partial charge is 0.0207 e. The molecule has 2 heterocycles. The fourth-order valence-corrected chi connectivity index (χ4v) is 3.24. The summed E-state index contributed by atoms with van der Waals surface area (Å²) in [4.78, 5) is 2.69. The van der Waals surface area contributed by atoms with Crippen molar-refractivity contribution in [2.45, 2.75) is 50.7 Å². The van der Waals surface area contributed by atoms with Crippen LogP contribution in [0.4, 0.5) is 0 Å². The van der Waals surface area contributed by atoms with Crippen LogP contribution in [0.3, 0.4) is 0 Å². The van der Waals surface area contributed by atoms with E-state index in [2.05, 4.69) is 22.5 Å². The molecular weight excluding hydrogens is 198 g/mol. The lowest BCUT2D eigenvalue weighted by molar-refractivity contribution is 0.313. The maximum absolute atomic E-state index is 3.78. The molecule has 0 spiro atoms. The van der Waals surface area contributed by atoms with Crippen molar-refractivity contribution in [2.24, 2.45) is 5.92 Å². The van der Waals surface area contributed by atoms with Crippen LogP contribution in [0.1, 0.15) is 32.6 Å². The summed E-state index contributed by atoms with van der Waals surface area (Å²) in [6.07, 6.45) is 5.63. The van der Waals surface area contributed by atoms with E-state index in [9.17, 15) is 0 Å². The van der Waals surface area contributed by atoms with Crippen LogP contribution in [-0.4, -0.2) is 49.2 Å². The molecule has 3 rings (SSSR count). The van der Waals surface area contributed by atoms with Gasteiger partial charge in [0.05, 0.1) is 0 Å². The van der Waals surface area contributed by atoms with Crippen molar-refractivity contribution in [3.05, 3.63) is 0 Å². The normalized spacial score (nSPS) is 40.7. The van der Waals surface area contributed by atoms with Gasteiger partial charge in [0.2, 0.25) is 0 Å². The molecule has 1 aliphatic carbocycles. The number of hydrogen-bond donors (Lipinski definition) is 2. The minimum Gasteiger partial charge on any atom is -0.314 e. The molecule has 1 saturated carbocycles. The number of rotatable bonds is 4. The molecule has 2 aliphatic heterocycles. The van der Waals surface area contributed by atoms with Gasteiger partial charge in [-0.05, 0) is 51.6 Å². The van der Waals surface area contributed by atoms with Gasteiger partial charge in [0.1, 0.15) is 0 Å². The monoisotopic (exact) mass is 223 g/mol. The molecule has 3 unspecified atom stereocenters. The summed E-state index contributed by atoms with van der Waals surface area (Å²) in [7, 11) is 0. The first-order valence-electron chi connectivity index (χ1n) is 7.04. The van der Waals surface area contributed by atoms with Crippen molar-refractivity contribution >= 4 is 0 Å². The minimum atomic E-state index is 0.716. The fraction of sp³-hybridized carbons (Fsp3) is 1.00. The van der Waals surface area contributed by atoms with Crippen LogP contribution in [0.2, 0.25) is 0 Å². The molecule has 3 aliphatic rings. The van der Waals surface area contributed by atoms with Crippen molar-refractivity contribution < 1.29 is 0 Å². The summed E-state index contributed by atoms with van der Waals surface area (Å²) in [6, 6.07) is 2.45.